The maximum Gasteiger partial charge on any atom is 0.140 e. The summed E-state index contributed by atoms with van der Waals surface area (Å²) in [6.07, 6.45) is 9.15. The monoisotopic (exact) mass is 313 g/mol. The zero-order valence-electron chi connectivity index (χ0n) is 13.6. The second kappa shape index (κ2) is 6.28. The molecule has 2 aliphatic rings. The van der Waals surface area contributed by atoms with E-state index >= 15 is 0 Å². The van der Waals surface area contributed by atoms with Gasteiger partial charge in [0, 0.05) is 50.9 Å². The van der Waals surface area contributed by atoms with Crippen LogP contribution in [0.15, 0.2) is 23.1 Å². The van der Waals surface area contributed by atoms with Crippen LogP contribution < -0.4 is 4.90 Å². The predicted molar refractivity (Wildman–Crippen MR) is 87.3 cm³/mol. The van der Waals surface area contributed by atoms with Gasteiger partial charge in [-0.1, -0.05) is 5.16 Å². The molecule has 0 amide bonds. The molecule has 0 unspecified atom stereocenters. The molecule has 0 bridgehead atoms. The minimum atomic E-state index is 0.546. The van der Waals surface area contributed by atoms with E-state index in [0.717, 1.165) is 56.9 Å². The molecule has 4 rings (SSSR count). The van der Waals surface area contributed by atoms with E-state index in [9.17, 15) is 0 Å². The Kier molecular flexibility index (Phi) is 3.99. The number of rotatable bonds is 4. The largest absolute Gasteiger partial charge is 0.361 e. The number of nitrogens with zero attached hydrogens (tertiary/aromatic N) is 5. The van der Waals surface area contributed by atoms with Gasteiger partial charge in [-0.25, -0.2) is 9.97 Å². The normalized spacial score (nSPS) is 19.0. The first kappa shape index (κ1) is 14.6. The third kappa shape index (κ3) is 2.95. The Balaban J connectivity index is 1.34. The van der Waals surface area contributed by atoms with Crippen LogP contribution in [-0.4, -0.2) is 46.2 Å². The lowest BCUT2D eigenvalue weighted by Gasteiger charge is -2.37. The number of aryl methyl sites for hydroxylation is 1. The fraction of sp³-hybridized carbons (Fsp3) is 0.588. The molecule has 1 saturated heterocycles. The predicted octanol–water partition coefficient (Wildman–Crippen LogP) is 2.05. The van der Waals surface area contributed by atoms with E-state index < -0.39 is 0 Å². The average Bonchev–Trinajstić information content (AvgIpc) is 3.21. The summed E-state index contributed by atoms with van der Waals surface area (Å²) < 4.78 is 5.47. The highest BCUT2D eigenvalue weighted by Gasteiger charge is 2.26. The summed E-state index contributed by atoms with van der Waals surface area (Å²) in [7, 11) is 2.13. The standard InChI is InChI=1S/C17H23N5O/c1-21(17-5-8-18-12-19-17)13-6-9-22(10-7-13)11-15-14-3-2-4-16(14)23-20-15/h5,8,12-13H,2-4,6-7,9-11H2,1H3. The number of aromatic nitrogens is 3. The highest BCUT2D eigenvalue weighted by Crippen LogP contribution is 2.27. The van der Waals surface area contributed by atoms with Gasteiger partial charge >= 0.3 is 0 Å². The van der Waals surface area contributed by atoms with E-state index in [1.54, 1.807) is 12.5 Å². The maximum absolute atomic E-state index is 5.47. The van der Waals surface area contributed by atoms with Gasteiger partial charge in [0.15, 0.2) is 0 Å². The summed E-state index contributed by atoms with van der Waals surface area (Å²) in [4.78, 5) is 13.1. The van der Waals surface area contributed by atoms with E-state index in [1.165, 1.54) is 17.7 Å². The van der Waals surface area contributed by atoms with Crippen LogP contribution in [0.5, 0.6) is 0 Å². The van der Waals surface area contributed by atoms with Crippen molar-refractivity contribution in [2.75, 3.05) is 25.0 Å². The lowest BCUT2D eigenvalue weighted by atomic mass is 10.0. The summed E-state index contributed by atoms with van der Waals surface area (Å²) in [6.45, 7) is 3.13. The smallest absolute Gasteiger partial charge is 0.140 e. The van der Waals surface area contributed by atoms with Crippen molar-refractivity contribution < 1.29 is 4.52 Å². The minimum absolute atomic E-state index is 0.546. The van der Waals surface area contributed by atoms with Crippen LogP contribution in [-0.2, 0) is 19.4 Å². The van der Waals surface area contributed by atoms with Crippen LogP contribution in [0.2, 0.25) is 0 Å². The molecule has 6 heteroatoms. The molecule has 0 saturated carbocycles. The third-order valence-electron chi connectivity index (χ3n) is 5.19. The molecule has 0 N–H and O–H groups in total. The second-order valence-corrected chi connectivity index (χ2v) is 6.57. The fourth-order valence-electron chi connectivity index (χ4n) is 3.77. The Morgan fingerprint density at radius 1 is 1.30 bits per heavy atom. The Morgan fingerprint density at radius 3 is 2.96 bits per heavy atom. The molecular weight excluding hydrogens is 290 g/mol. The highest BCUT2D eigenvalue weighted by molar-refractivity contribution is 5.36. The van der Waals surface area contributed by atoms with Crippen molar-refractivity contribution in [2.45, 2.75) is 44.7 Å². The summed E-state index contributed by atoms with van der Waals surface area (Å²) >= 11 is 0. The van der Waals surface area contributed by atoms with Crippen molar-refractivity contribution in [3.8, 4) is 0 Å². The van der Waals surface area contributed by atoms with E-state index in [2.05, 4.69) is 32.0 Å². The van der Waals surface area contributed by atoms with E-state index in [0.29, 0.717) is 6.04 Å². The molecule has 2 aromatic rings. The van der Waals surface area contributed by atoms with E-state index in [-0.39, 0.29) is 0 Å². The second-order valence-electron chi connectivity index (χ2n) is 6.57. The van der Waals surface area contributed by atoms with E-state index in [4.69, 9.17) is 4.52 Å². The van der Waals surface area contributed by atoms with Gasteiger partial charge < -0.3 is 9.42 Å². The molecule has 3 heterocycles. The molecule has 1 aliphatic heterocycles. The number of hydrogen-bond donors (Lipinski definition) is 0. The molecular formula is C17H23N5O. The molecule has 0 atom stereocenters. The first-order chi connectivity index (χ1) is 11.3. The minimum Gasteiger partial charge on any atom is -0.361 e. The van der Waals surface area contributed by atoms with Crippen molar-refractivity contribution in [2.24, 2.45) is 0 Å². The van der Waals surface area contributed by atoms with Gasteiger partial charge in [-0.2, -0.15) is 0 Å². The van der Waals surface area contributed by atoms with Crippen molar-refractivity contribution in [1.29, 1.82) is 0 Å². The van der Waals surface area contributed by atoms with Crippen molar-refractivity contribution >= 4 is 5.82 Å². The number of hydrogen-bond acceptors (Lipinski definition) is 6. The lowest BCUT2D eigenvalue weighted by molar-refractivity contribution is 0.197. The summed E-state index contributed by atoms with van der Waals surface area (Å²) in [5.74, 6) is 2.13. The first-order valence-electron chi connectivity index (χ1n) is 8.49. The summed E-state index contributed by atoms with van der Waals surface area (Å²) in [5, 5.41) is 4.29. The van der Waals surface area contributed by atoms with Crippen LogP contribution in [0.4, 0.5) is 5.82 Å². The summed E-state index contributed by atoms with van der Waals surface area (Å²) in [5.41, 5.74) is 2.55. The van der Waals surface area contributed by atoms with Gasteiger partial charge in [0.25, 0.3) is 0 Å². The molecule has 0 aromatic carbocycles. The zero-order valence-corrected chi connectivity index (χ0v) is 13.6. The molecule has 1 aliphatic carbocycles. The van der Waals surface area contributed by atoms with E-state index in [1.807, 2.05) is 6.07 Å². The Bertz CT molecular complexity index is 648. The fourth-order valence-corrected chi connectivity index (χ4v) is 3.77. The van der Waals surface area contributed by atoms with Gasteiger partial charge in [-0.05, 0) is 31.7 Å². The highest BCUT2D eigenvalue weighted by atomic mass is 16.5. The van der Waals surface area contributed by atoms with Gasteiger partial charge in [0.2, 0.25) is 0 Å². The Hall–Kier alpha value is -1.95. The van der Waals surface area contributed by atoms with Gasteiger partial charge in [0.05, 0.1) is 0 Å². The van der Waals surface area contributed by atoms with Crippen LogP contribution >= 0.6 is 0 Å². The van der Waals surface area contributed by atoms with Crippen LogP contribution in [0, 0.1) is 0 Å². The average molecular weight is 313 g/mol. The Morgan fingerprint density at radius 2 is 2.17 bits per heavy atom. The van der Waals surface area contributed by atoms with Crippen molar-refractivity contribution in [1.82, 2.24) is 20.0 Å². The van der Waals surface area contributed by atoms with Crippen LogP contribution in [0.3, 0.4) is 0 Å². The molecule has 6 nitrogen and oxygen atoms in total. The topological polar surface area (TPSA) is 58.3 Å². The number of likely N-dealkylation sites (tertiary alicyclic amines) is 1. The summed E-state index contributed by atoms with van der Waals surface area (Å²) in [6, 6.07) is 2.52. The number of anilines is 1. The quantitative estimate of drug-likeness (QED) is 0.861. The molecule has 1 fully saturated rings. The van der Waals surface area contributed by atoms with Crippen LogP contribution in [0.1, 0.15) is 36.3 Å². The van der Waals surface area contributed by atoms with Crippen molar-refractivity contribution in [3.05, 3.63) is 35.6 Å². The Labute approximate surface area is 136 Å². The van der Waals surface area contributed by atoms with Gasteiger partial charge in [-0.3, -0.25) is 4.90 Å². The molecule has 2 aromatic heterocycles. The molecule has 0 spiro atoms. The first-order valence-corrected chi connectivity index (χ1v) is 8.49. The molecule has 122 valence electrons. The number of fused-ring (bicyclic) bond motifs is 1. The van der Waals surface area contributed by atoms with Gasteiger partial charge in [-0.15, -0.1) is 0 Å². The molecule has 0 radical (unpaired) electrons. The third-order valence-corrected chi connectivity index (χ3v) is 5.19. The van der Waals surface area contributed by atoms with Crippen LogP contribution in [0.25, 0.3) is 0 Å². The zero-order chi connectivity index (χ0) is 15.6. The van der Waals surface area contributed by atoms with Crippen molar-refractivity contribution in [3.63, 3.8) is 0 Å². The number of piperidine rings is 1. The molecule has 23 heavy (non-hydrogen) atoms. The maximum atomic E-state index is 5.47. The lowest BCUT2D eigenvalue weighted by Crippen LogP contribution is -2.43. The SMILES string of the molecule is CN(c1ccncn1)C1CCN(Cc2noc3c2CCC3)CC1. The van der Waals surface area contributed by atoms with Gasteiger partial charge in [0.1, 0.15) is 23.6 Å².